The van der Waals surface area contributed by atoms with Gasteiger partial charge >= 0.3 is 17.9 Å². The molecule has 0 amide bonds. The predicted octanol–water partition coefficient (Wildman–Crippen LogP) is 13.9. The maximum Gasteiger partial charge on any atom is 0.306 e. The molecule has 0 aromatic rings. The average Bonchev–Trinajstić information content (AvgIpc) is 3.12. The quantitative estimate of drug-likeness (QED) is 0.0271. The molecule has 0 aliphatic rings. The highest BCUT2D eigenvalue weighted by molar-refractivity contribution is 5.71. The van der Waals surface area contributed by atoms with Crippen molar-refractivity contribution >= 4 is 17.9 Å². The molecule has 0 aromatic heterocycles. The fourth-order valence-corrected chi connectivity index (χ4v) is 6.38. The Kier molecular flexibility index (Phi) is 39.4. The van der Waals surface area contributed by atoms with Crippen LogP contribution in [0.15, 0.2) is 12.2 Å². The Morgan fingerprint density at radius 3 is 0.980 bits per heavy atom. The molecule has 0 radical (unpaired) electrons. The molecule has 51 heavy (non-hydrogen) atoms. The number of ether oxygens (including phenoxy) is 3. The molecule has 0 N–H and O–H groups in total. The third kappa shape index (κ3) is 39.2. The van der Waals surface area contributed by atoms with Crippen molar-refractivity contribution in [1.29, 1.82) is 0 Å². The van der Waals surface area contributed by atoms with E-state index < -0.39 is 6.10 Å². The Labute approximate surface area is 316 Å². The summed E-state index contributed by atoms with van der Waals surface area (Å²) >= 11 is 0. The summed E-state index contributed by atoms with van der Waals surface area (Å²) in [6.07, 6.45) is 42.1. The molecule has 0 aliphatic heterocycles. The molecule has 0 aliphatic carbocycles. The number of hydrogen-bond donors (Lipinski definition) is 0. The normalized spacial score (nSPS) is 12.0. The topological polar surface area (TPSA) is 78.9 Å². The van der Waals surface area contributed by atoms with E-state index in [0.29, 0.717) is 19.3 Å². The fraction of sp³-hybridized carbons (Fsp3) is 0.889. The molecule has 0 rings (SSSR count). The molecule has 6 nitrogen and oxygen atoms in total. The van der Waals surface area contributed by atoms with E-state index in [1.54, 1.807) is 0 Å². The number of hydrogen-bond acceptors (Lipinski definition) is 6. The number of rotatable bonds is 40. The summed E-state index contributed by atoms with van der Waals surface area (Å²) in [7, 11) is 0. The van der Waals surface area contributed by atoms with Gasteiger partial charge in [0.2, 0.25) is 0 Å². The van der Waals surface area contributed by atoms with Gasteiger partial charge in [-0.05, 0) is 44.9 Å². The van der Waals surface area contributed by atoms with E-state index >= 15 is 0 Å². The van der Waals surface area contributed by atoms with Crippen LogP contribution in [0.5, 0.6) is 0 Å². The van der Waals surface area contributed by atoms with Crippen molar-refractivity contribution in [3.05, 3.63) is 12.2 Å². The van der Waals surface area contributed by atoms with E-state index in [1.807, 2.05) is 0 Å². The number of carbonyl (C=O) groups is 3. The lowest BCUT2D eigenvalue weighted by Gasteiger charge is -2.18. The molecule has 0 spiro atoms. The highest BCUT2D eigenvalue weighted by Crippen LogP contribution is 2.14. The predicted molar refractivity (Wildman–Crippen MR) is 215 cm³/mol. The lowest BCUT2D eigenvalue weighted by Crippen LogP contribution is -2.30. The number of esters is 3. The zero-order chi connectivity index (χ0) is 37.3. The molecule has 0 saturated carbocycles. The van der Waals surface area contributed by atoms with E-state index in [0.717, 1.165) is 57.8 Å². The van der Waals surface area contributed by atoms with Gasteiger partial charge in [-0.25, -0.2) is 0 Å². The van der Waals surface area contributed by atoms with Crippen molar-refractivity contribution in [2.75, 3.05) is 13.2 Å². The minimum Gasteiger partial charge on any atom is -0.462 e. The first-order valence-corrected chi connectivity index (χ1v) is 22.2. The van der Waals surface area contributed by atoms with Gasteiger partial charge in [-0.15, -0.1) is 0 Å². The van der Waals surface area contributed by atoms with Gasteiger partial charge in [-0.2, -0.15) is 0 Å². The van der Waals surface area contributed by atoms with E-state index in [1.165, 1.54) is 141 Å². The van der Waals surface area contributed by atoms with Crippen LogP contribution in [0.2, 0.25) is 0 Å². The maximum absolute atomic E-state index is 12.6. The minimum atomic E-state index is -0.761. The van der Waals surface area contributed by atoms with Crippen molar-refractivity contribution in [3.8, 4) is 0 Å². The molecule has 6 heteroatoms. The smallest absolute Gasteiger partial charge is 0.306 e. The van der Waals surface area contributed by atoms with E-state index in [4.69, 9.17) is 14.2 Å². The monoisotopic (exact) mass is 721 g/mol. The summed E-state index contributed by atoms with van der Waals surface area (Å²) in [5.74, 6) is -0.879. The maximum atomic E-state index is 12.6. The number of allylic oxidation sites excluding steroid dienone is 2. The Bertz CT molecular complexity index is 794. The van der Waals surface area contributed by atoms with Crippen molar-refractivity contribution in [2.24, 2.45) is 0 Å². The van der Waals surface area contributed by atoms with Gasteiger partial charge in [0.15, 0.2) is 6.10 Å². The van der Waals surface area contributed by atoms with E-state index in [2.05, 4.69) is 32.9 Å². The van der Waals surface area contributed by atoms with E-state index in [9.17, 15) is 14.4 Å². The highest BCUT2D eigenvalue weighted by Gasteiger charge is 2.19. The lowest BCUT2D eigenvalue weighted by molar-refractivity contribution is -0.167. The summed E-state index contributed by atoms with van der Waals surface area (Å²) in [6.45, 7) is 6.56. The summed E-state index contributed by atoms with van der Waals surface area (Å²) in [6, 6.07) is 0. The van der Waals surface area contributed by atoms with Gasteiger partial charge in [0.05, 0.1) is 0 Å². The SMILES string of the molecule is CCCCCCCCC/C=C\CCCCCCCCCC(=O)OCC(COC(=O)CCCCCCCCC)OC(=O)CCCCCCCCCC. The number of unbranched alkanes of at least 4 members (excludes halogenated alkanes) is 27. The van der Waals surface area contributed by atoms with Gasteiger partial charge in [-0.1, -0.05) is 187 Å². The first kappa shape index (κ1) is 49.1. The molecule has 0 saturated heterocycles. The van der Waals surface area contributed by atoms with Crippen LogP contribution in [-0.4, -0.2) is 37.2 Å². The Balaban J connectivity index is 4.18. The Morgan fingerprint density at radius 1 is 0.373 bits per heavy atom. The zero-order valence-electron chi connectivity index (χ0n) is 34.1. The van der Waals surface area contributed by atoms with Crippen LogP contribution < -0.4 is 0 Å². The number of carbonyl (C=O) groups excluding carboxylic acids is 3. The van der Waals surface area contributed by atoms with Gasteiger partial charge in [-0.3, -0.25) is 14.4 Å². The first-order valence-electron chi connectivity index (χ1n) is 22.2. The lowest BCUT2D eigenvalue weighted by atomic mass is 10.1. The molecule has 300 valence electrons. The van der Waals surface area contributed by atoms with Crippen LogP contribution in [0.25, 0.3) is 0 Å². The van der Waals surface area contributed by atoms with Crippen molar-refractivity contribution in [3.63, 3.8) is 0 Å². The molecular weight excluding hydrogens is 636 g/mol. The molecule has 1 atom stereocenters. The van der Waals surface area contributed by atoms with Crippen LogP contribution in [0.4, 0.5) is 0 Å². The summed E-state index contributed by atoms with van der Waals surface area (Å²) in [5.41, 5.74) is 0. The highest BCUT2D eigenvalue weighted by atomic mass is 16.6. The molecule has 0 heterocycles. The van der Waals surface area contributed by atoms with E-state index in [-0.39, 0.29) is 31.1 Å². The van der Waals surface area contributed by atoms with Crippen molar-refractivity contribution in [1.82, 2.24) is 0 Å². The fourth-order valence-electron chi connectivity index (χ4n) is 6.38. The second-order valence-corrected chi connectivity index (χ2v) is 15.0. The zero-order valence-corrected chi connectivity index (χ0v) is 34.1. The standard InChI is InChI=1S/C45H84O6/c1-4-7-10-13-16-18-19-20-21-22-23-24-25-26-27-30-32-35-38-44(47)50-41-42(40-49-43(46)37-34-31-28-15-12-9-6-3)51-45(48)39-36-33-29-17-14-11-8-5-2/h21-22,42H,4-20,23-41H2,1-3H3/b22-21-. The van der Waals surface area contributed by atoms with Gasteiger partial charge in [0, 0.05) is 19.3 Å². The van der Waals surface area contributed by atoms with Crippen LogP contribution in [0.1, 0.15) is 239 Å². The largest absolute Gasteiger partial charge is 0.462 e. The van der Waals surface area contributed by atoms with Crippen LogP contribution in [-0.2, 0) is 28.6 Å². The molecule has 0 bridgehead atoms. The first-order chi connectivity index (χ1) is 25.0. The summed E-state index contributed by atoms with van der Waals surface area (Å²) in [4.78, 5) is 37.4. The molecule has 1 unspecified atom stereocenters. The van der Waals surface area contributed by atoms with Crippen molar-refractivity contribution < 1.29 is 28.6 Å². The summed E-state index contributed by atoms with van der Waals surface area (Å²) in [5, 5.41) is 0. The second kappa shape index (κ2) is 40.9. The third-order valence-corrected chi connectivity index (χ3v) is 9.77. The Hall–Kier alpha value is -1.85. The Morgan fingerprint density at radius 2 is 0.647 bits per heavy atom. The molecule has 0 fully saturated rings. The van der Waals surface area contributed by atoms with Crippen LogP contribution in [0, 0.1) is 0 Å². The third-order valence-electron chi connectivity index (χ3n) is 9.77. The van der Waals surface area contributed by atoms with Crippen molar-refractivity contribution in [2.45, 2.75) is 245 Å². The van der Waals surface area contributed by atoms with Crippen LogP contribution in [0.3, 0.4) is 0 Å². The van der Waals surface area contributed by atoms with Gasteiger partial charge in [0.1, 0.15) is 13.2 Å². The van der Waals surface area contributed by atoms with Crippen LogP contribution >= 0.6 is 0 Å². The molecule has 0 aromatic carbocycles. The minimum absolute atomic E-state index is 0.0687. The second-order valence-electron chi connectivity index (χ2n) is 15.0. The molecular formula is C45H84O6. The average molecular weight is 721 g/mol. The summed E-state index contributed by atoms with van der Waals surface area (Å²) < 4.78 is 16.6. The van der Waals surface area contributed by atoms with Gasteiger partial charge < -0.3 is 14.2 Å². The van der Waals surface area contributed by atoms with Gasteiger partial charge in [0.25, 0.3) is 0 Å².